The van der Waals surface area contributed by atoms with Gasteiger partial charge in [-0.25, -0.2) is 4.68 Å². The highest BCUT2D eigenvalue weighted by Crippen LogP contribution is 2.01. The highest BCUT2D eigenvalue weighted by atomic mass is 16.2. The van der Waals surface area contributed by atoms with E-state index < -0.39 is 0 Å². The van der Waals surface area contributed by atoms with E-state index in [1.165, 1.54) is 15.8 Å². The predicted octanol–water partition coefficient (Wildman–Crippen LogP) is -0.386. The number of nitrogens with one attached hydrogen (secondary N) is 1. The van der Waals surface area contributed by atoms with E-state index >= 15 is 0 Å². The molecule has 0 aliphatic heterocycles. The standard InChI is InChI=1S/C13H24N6O2/c1-4-5-6-10(7-14)15-13(21)11-8-19(17-16-11)9-12(20)18(2)3/h8,10H,4-7,9,14H2,1-3H3,(H,15,21). The van der Waals surface area contributed by atoms with Crippen molar-refractivity contribution >= 4 is 11.8 Å². The number of carbonyl (C=O) groups is 2. The molecular formula is C13H24N6O2. The monoisotopic (exact) mass is 296 g/mol. The Morgan fingerprint density at radius 3 is 2.76 bits per heavy atom. The van der Waals surface area contributed by atoms with Crippen LogP contribution in [0.2, 0.25) is 0 Å². The van der Waals surface area contributed by atoms with Gasteiger partial charge in [0.05, 0.1) is 6.20 Å². The average Bonchev–Trinajstić information content (AvgIpc) is 2.91. The zero-order valence-electron chi connectivity index (χ0n) is 12.9. The van der Waals surface area contributed by atoms with Gasteiger partial charge in [0.2, 0.25) is 5.91 Å². The maximum atomic E-state index is 12.0. The van der Waals surface area contributed by atoms with E-state index in [-0.39, 0.29) is 30.1 Å². The van der Waals surface area contributed by atoms with E-state index in [0.29, 0.717) is 6.54 Å². The number of rotatable bonds is 8. The van der Waals surface area contributed by atoms with Crippen LogP contribution in [0, 0.1) is 0 Å². The quantitative estimate of drug-likeness (QED) is 0.680. The molecule has 8 nitrogen and oxygen atoms in total. The molecule has 2 amide bonds. The first-order valence-corrected chi connectivity index (χ1v) is 7.09. The highest BCUT2D eigenvalue weighted by molar-refractivity contribution is 5.92. The molecule has 0 radical (unpaired) electrons. The number of nitrogens with two attached hydrogens (primary N) is 1. The molecule has 1 rings (SSSR count). The molecule has 0 spiro atoms. The minimum Gasteiger partial charge on any atom is -0.347 e. The van der Waals surface area contributed by atoms with Gasteiger partial charge in [-0.3, -0.25) is 9.59 Å². The Morgan fingerprint density at radius 1 is 1.48 bits per heavy atom. The van der Waals surface area contributed by atoms with Crippen molar-refractivity contribution in [2.75, 3.05) is 20.6 Å². The van der Waals surface area contributed by atoms with Gasteiger partial charge in [-0.1, -0.05) is 25.0 Å². The number of aromatic nitrogens is 3. The first kappa shape index (κ1) is 17.1. The lowest BCUT2D eigenvalue weighted by Gasteiger charge is -2.15. The van der Waals surface area contributed by atoms with Gasteiger partial charge in [0.15, 0.2) is 5.69 Å². The van der Waals surface area contributed by atoms with Crippen LogP contribution in [0.25, 0.3) is 0 Å². The summed E-state index contributed by atoms with van der Waals surface area (Å²) in [5.41, 5.74) is 5.83. The molecule has 0 saturated carbocycles. The van der Waals surface area contributed by atoms with Crippen molar-refractivity contribution in [1.82, 2.24) is 25.2 Å². The normalized spacial score (nSPS) is 12.0. The molecule has 1 heterocycles. The fourth-order valence-corrected chi connectivity index (χ4v) is 1.72. The molecule has 0 fully saturated rings. The Bertz CT molecular complexity index is 471. The lowest BCUT2D eigenvalue weighted by atomic mass is 10.1. The largest absolute Gasteiger partial charge is 0.347 e. The Hall–Kier alpha value is -1.96. The van der Waals surface area contributed by atoms with Gasteiger partial charge >= 0.3 is 0 Å². The van der Waals surface area contributed by atoms with Crippen LogP contribution >= 0.6 is 0 Å². The van der Waals surface area contributed by atoms with Crippen LogP contribution in [-0.4, -0.2) is 58.4 Å². The number of hydrogen-bond donors (Lipinski definition) is 2. The molecule has 1 aromatic heterocycles. The molecule has 1 aromatic rings. The van der Waals surface area contributed by atoms with Gasteiger partial charge in [-0.2, -0.15) is 0 Å². The number of nitrogens with zero attached hydrogens (tertiary/aromatic N) is 4. The molecule has 1 unspecified atom stereocenters. The van der Waals surface area contributed by atoms with Gasteiger partial charge in [0.25, 0.3) is 5.91 Å². The Balaban J connectivity index is 2.58. The van der Waals surface area contributed by atoms with Crippen molar-refractivity contribution in [2.45, 2.75) is 38.8 Å². The molecule has 0 aromatic carbocycles. The minimum absolute atomic E-state index is 0.0590. The summed E-state index contributed by atoms with van der Waals surface area (Å²) in [5, 5.41) is 10.4. The maximum absolute atomic E-state index is 12.0. The van der Waals surface area contributed by atoms with Crippen LogP contribution in [0.4, 0.5) is 0 Å². The first-order chi connectivity index (χ1) is 9.97. The van der Waals surface area contributed by atoms with Gasteiger partial charge in [0, 0.05) is 26.7 Å². The third-order valence-corrected chi connectivity index (χ3v) is 3.09. The van der Waals surface area contributed by atoms with Gasteiger partial charge < -0.3 is 16.0 Å². The topological polar surface area (TPSA) is 106 Å². The summed E-state index contributed by atoms with van der Waals surface area (Å²) in [4.78, 5) is 25.0. The lowest BCUT2D eigenvalue weighted by Crippen LogP contribution is -2.40. The number of carbonyl (C=O) groups excluding carboxylic acids is 2. The predicted molar refractivity (Wildman–Crippen MR) is 78.5 cm³/mol. The van der Waals surface area contributed by atoms with E-state index in [1.807, 2.05) is 0 Å². The van der Waals surface area contributed by atoms with E-state index in [2.05, 4.69) is 22.6 Å². The average molecular weight is 296 g/mol. The van der Waals surface area contributed by atoms with Crippen LogP contribution in [-0.2, 0) is 11.3 Å². The summed E-state index contributed by atoms with van der Waals surface area (Å²) in [6.07, 6.45) is 4.36. The Morgan fingerprint density at radius 2 is 2.19 bits per heavy atom. The number of unbranched alkanes of at least 4 members (excludes halogenated alkanes) is 1. The SMILES string of the molecule is CCCCC(CN)NC(=O)c1cn(CC(=O)N(C)C)nn1. The molecule has 1 atom stereocenters. The molecule has 0 aliphatic carbocycles. The number of amides is 2. The highest BCUT2D eigenvalue weighted by Gasteiger charge is 2.16. The van der Waals surface area contributed by atoms with E-state index in [1.54, 1.807) is 14.1 Å². The second-order valence-electron chi connectivity index (χ2n) is 5.14. The molecule has 8 heteroatoms. The summed E-state index contributed by atoms with van der Waals surface area (Å²) in [5.74, 6) is -0.431. The van der Waals surface area contributed by atoms with E-state index in [4.69, 9.17) is 5.73 Å². The maximum Gasteiger partial charge on any atom is 0.273 e. The zero-order chi connectivity index (χ0) is 15.8. The van der Waals surface area contributed by atoms with Crippen LogP contribution in [0.3, 0.4) is 0 Å². The van der Waals surface area contributed by atoms with Crippen molar-refractivity contribution < 1.29 is 9.59 Å². The molecule has 0 bridgehead atoms. The molecule has 0 aliphatic rings. The van der Waals surface area contributed by atoms with E-state index in [0.717, 1.165) is 19.3 Å². The van der Waals surface area contributed by atoms with Crippen LogP contribution < -0.4 is 11.1 Å². The van der Waals surface area contributed by atoms with Crippen molar-refractivity contribution in [3.8, 4) is 0 Å². The third-order valence-electron chi connectivity index (χ3n) is 3.09. The Kier molecular flexibility index (Phi) is 6.80. The van der Waals surface area contributed by atoms with E-state index in [9.17, 15) is 9.59 Å². The summed E-state index contributed by atoms with van der Waals surface area (Å²) >= 11 is 0. The van der Waals surface area contributed by atoms with Gasteiger partial charge in [0.1, 0.15) is 6.54 Å². The van der Waals surface area contributed by atoms with Crippen LogP contribution in [0.15, 0.2) is 6.20 Å². The lowest BCUT2D eigenvalue weighted by molar-refractivity contribution is -0.129. The summed E-state index contributed by atoms with van der Waals surface area (Å²) in [7, 11) is 3.32. The molecule has 21 heavy (non-hydrogen) atoms. The van der Waals surface area contributed by atoms with Crippen molar-refractivity contribution in [3.05, 3.63) is 11.9 Å². The number of hydrogen-bond acceptors (Lipinski definition) is 5. The molecule has 118 valence electrons. The van der Waals surface area contributed by atoms with Gasteiger partial charge in [-0.15, -0.1) is 5.10 Å². The second-order valence-corrected chi connectivity index (χ2v) is 5.14. The first-order valence-electron chi connectivity index (χ1n) is 7.09. The fourth-order valence-electron chi connectivity index (χ4n) is 1.72. The molecule has 0 saturated heterocycles. The number of likely N-dealkylation sites (N-methyl/N-ethyl adjacent to an activating group) is 1. The smallest absolute Gasteiger partial charge is 0.273 e. The summed E-state index contributed by atoms with van der Waals surface area (Å²) < 4.78 is 1.35. The Labute approximate surface area is 124 Å². The summed E-state index contributed by atoms with van der Waals surface area (Å²) in [6, 6.07) is -0.0639. The minimum atomic E-state index is -0.315. The van der Waals surface area contributed by atoms with Crippen molar-refractivity contribution in [2.24, 2.45) is 5.73 Å². The second kappa shape index (κ2) is 8.35. The molecular weight excluding hydrogens is 272 g/mol. The third kappa shape index (κ3) is 5.50. The van der Waals surface area contributed by atoms with Crippen molar-refractivity contribution in [3.63, 3.8) is 0 Å². The van der Waals surface area contributed by atoms with Gasteiger partial charge in [-0.05, 0) is 6.42 Å². The van der Waals surface area contributed by atoms with Crippen LogP contribution in [0.5, 0.6) is 0 Å². The van der Waals surface area contributed by atoms with Crippen LogP contribution in [0.1, 0.15) is 36.7 Å². The zero-order valence-corrected chi connectivity index (χ0v) is 12.9. The van der Waals surface area contributed by atoms with Crippen molar-refractivity contribution in [1.29, 1.82) is 0 Å². The molecule has 3 N–H and O–H groups in total. The fraction of sp³-hybridized carbons (Fsp3) is 0.692. The summed E-state index contributed by atoms with van der Waals surface area (Å²) in [6.45, 7) is 2.53.